The summed E-state index contributed by atoms with van der Waals surface area (Å²) in [5.41, 5.74) is 4.02. The summed E-state index contributed by atoms with van der Waals surface area (Å²) < 4.78 is 5.76. The normalized spacial score (nSPS) is 11.2. The summed E-state index contributed by atoms with van der Waals surface area (Å²) in [5.74, 6) is 0.226. The lowest BCUT2D eigenvalue weighted by molar-refractivity contribution is 0.0924. The van der Waals surface area contributed by atoms with E-state index in [0.29, 0.717) is 12.3 Å². The summed E-state index contributed by atoms with van der Waals surface area (Å²) in [6, 6.07) is 16.0. The standard InChI is InChI=1S/C22H26N2O2/c1-4-24(5-2)15-18-11-7-6-10-17(18)14-23-22(25)21-16(3)19-12-8-9-13-20(19)26-21/h6-13H,4-5,14-15H2,1-3H3,(H,23,25). The third-order valence-electron chi connectivity index (χ3n) is 4.90. The highest BCUT2D eigenvalue weighted by molar-refractivity contribution is 5.98. The van der Waals surface area contributed by atoms with Gasteiger partial charge in [0.2, 0.25) is 0 Å². The van der Waals surface area contributed by atoms with Crippen LogP contribution >= 0.6 is 0 Å². The quantitative estimate of drug-likeness (QED) is 0.682. The molecule has 26 heavy (non-hydrogen) atoms. The minimum atomic E-state index is -0.170. The van der Waals surface area contributed by atoms with Crippen molar-refractivity contribution in [1.29, 1.82) is 0 Å². The number of hydrogen-bond donors (Lipinski definition) is 1. The minimum absolute atomic E-state index is 0.170. The molecular weight excluding hydrogens is 324 g/mol. The molecule has 3 rings (SSSR count). The highest BCUT2D eigenvalue weighted by atomic mass is 16.3. The number of benzene rings is 2. The molecule has 1 N–H and O–H groups in total. The monoisotopic (exact) mass is 350 g/mol. The molecule has 4 heteroatoms. The van der Waals surface area contributed by atoms with Crippen LogP contribution in [0.1, 0.15) is 41.1 Å². The number of nitrogens with zero attached hydrogens (tertiary/aromatic N) is 1. The number of rotatable bonds is 7. The van der Waals surface area contributed by atoms with Crippen LogP contribution in [0.3, 0.4) is 0 Å². The van der Waals surface area contributed by atoms with E-state index >= 15 is 0 Å². The number of carbonyl (C=O) groups is 1. The molecule has 1 aromatic heterocycles. The molecule has 1 heterocycles. The van der Waals surface area contributed by atoms with Gasteiger partial charge in [0.1, 0.15) is 5.58 Å². The van der Waals surface area contributed by atoms with E-state index in [9.17, 15) is 4.79 Å². The van der Waals surface area contributed by atoms with E-state index in [2.05, 4.69) is 36.2 Å². The summed E-state index contributed by atoms with van der Waals surface area (Å²) in [5, 5.41) is 4.00. The summed E-state index contributed by atoms with van der Waals surface area (Å²) in [4.78, 5) is 15.0. The highest BCUT2D eigenvalue weighted by Gasteiger charge is 2.17. The molecule has 0 saturated heterocycles. The largest absolute Gasteiger partial charge is 0.451 e. The average molecular weight is 350 g/mol. The average Bonchev–Trinajstić information content (AvgIpc) is 3.02. The number of furan rings is 1. The number of fused-ring (bicyclic) bond motifs is 1. The van der Waals surface area contributed by atoms with E-state index in [0.717, 1.165) is 41.7 Å². The third kappa shape index (κ3) is 3.81. The van der Waals surface area contributed by atoms with Crippen molar-refractivity contribution < 1.29 is 9.21 Å². The molecule has 0 fully saturated rings. The Morgan fingerprint density at radius 2 is 1.65 bits per heavy atom. The van der Waals surface area contributed by atoms with E-state index in [1.807, 2.05) is 43.3 Å². The van der Waals surface area contributed by atoms with Crippen LogP contribution in [0.15, 0.2) is 52.9 Å². The summed E-state index contributed by atoms with van der Waals surface area (Å²) in [6.07, 6.45) is 0. The lowest BCUT2D eigenvalue weighted by Gasteiger charge is -2.20. The molecule has 1 amide bonds. The summed E-state index contributed by atoms with van der Waals surface area (Å²) >= 11 is 0. The lowest BCUT2D eigenvalue weighted by Crippen LogP contribution is -2.26. The fraction of sp³-hybridized carbons (Fsp3) is 0.318. The third-order valence-corrected chi connectivity index (χ3v) is 4.90. The predicted molar refractivity (Wildman–Crippen MR) is 105 cm³/mol. The van der Waals surface area contributed by atoms with E-state index in [4.69, 9.17) is 4.42 Å². The van der Waals surface area contributed by atoms with Gasteiger partial charge in [-0.1, -0.05) is 56.3 Å². The fourth-order valence-corrected chi connectivity index (χ4v) is 3.22. The first-order chi connectivity index (χ1) is 12.6. The van der Waals surface area contributed by atoms with Crippen molar-refractivity contribution in [1.82, 2.24) is 10.2 Å². The second-order valence-electron chi connectivity index (χ2n) is 6.47. The summed E-state index contributed by atoms with van der Waals surface area (Å²) in [7, 11) is 0. The second-order valence-corrected chi connectivity index (χ2v) is 6.47. The molecule has 0 aliphatic carbocycles. The van der Waals surface area contributed by atoms with Gasteiger partial charge in [0.25, 0.3) is 5.91 Å². The van der Waals surface area contributed by atoms with Crippen LogP contribution in [0.4, 0.5) is 0 Å². The van der Waals surface area contributed by atoms with Crippen LogP contribution in [0, 0.1) is 6.92 Å². The van der Waals surface area contributed by atoms with Crippen LogP contribution in [0.25, 0.3) is 11.0 Å². The molecule has 0 aliphatic heterocycles. The number of aryl methyl sites for hydroxylation is 1. The Balaban J connectivity index is 1.74. The SMILES string of the molecule is CCN(CC)Cc1ccccc1CNC(=O)c1oc2ccccc2c1C. The molecule has 0 unspecified atom stereocenters. The first kappa shape index (κ1) is 18.2. The molecule has 0 aliphatic rings. The van der Waals surface area contributed by atoms with Crippen molar-refractivity contribution in [3.63, 3.8) is 0 Å². The minimum Gasteiger partial charge on any atom is -0.451 e. The van der Waals surface area contributed by atoms with Gasteiger partial charge in [0.15, 0.2) is 5.76 Å². The van der Waals surface area contributed by atoms with Crippen molar-refractivity contribution in [3.8, 4) is 0 Å². The number of nitrogens with one attached hydrogen (secondary N) is 1. The number of para-hydroxylation sites is 1. The van der Waals surface area contributed by atoms with Gasteiger partial charge in [-0.25, -0.2) is 0 Å². The topological polar surface area (TPSA) is 45.5 Å². The molecule has 0 radical (unpaired) electrons. The molecule has 3 aromatic rings. The van der Waals surface area contributed by atoms with Gasteiger partial charge >= 0.3 is 0 Å². The Morgan fingerprint density at radius 1 is 1.00 bits per heavy atom. The Kier molecular flexibility index (Phi) is 5.74. The van der Waals surface area contributed by atoms with Crippen LogP contribution in [0.2, 0.25) is 0 Å². The Labute approximate surface area is 154 Å². The molecule has 0 spiro atoms. The Hall–Kier alpha value is -2.59. The van der Waals surface area contributed by atoms with Crippen LogP contribution in [0.5, 0.6) is 0 Å². The Bertz CT molecular complexity index is 894. The zero-order valence-corrected chi connectivity index (χ0v) is 15.7. The first-order valence-electron chi connectivity index (χ1n) is 9.19. The van der Waals surface area contributed by atoms with Crippen molar-refractivity contribution in [2.75, 3.05) is 13.1 Å². The van der Waals surface area contributed by atoms with Gasteiger partial charge in [-0.15, -0.1) is 0 Å². The maximum absolute atomic E-state index is 12.6. The van der Waals surface area contributed by atoms with Crippen LogP contribution in [-0.2, 0) is 13.1 Å². The maximum Gasteiger partial charge on any atom is 0.287 e. The van der Waals surface area contributed by atoms with Gasteiger partial charge in [-0.05, 0) is 37.2 Å². The van der Waals surface area contributed by atoms with Crippen molar-refractivity contribution >= 4 is 16.9 Å². The zero-order chi connectivity index (χ0) is 18.5. The molecule has 4 nitrogen and oxygen atoms in total. The molecule has 0 saturated carbocycles. The van der Waals surface area contributed by atoms with Crippen molar-refractivity contribution in [3.05, 3.63) is 71.0 Å². The maximum atomic E-state index is 12.6. The number of amides is 1. The highest BCUT2D eigenvalue weighted by Crippen LogP contribution is 2.24. The predicted octanol–water partition coefficient (Wildman–Crippen LogP) is 4.51. The van der Waals surface area contributed by atoms with E-state index in [-0.39, 0.29) is 5.91 Å². The number of carbonyl (C=O) groups excluding carboxylic acids is 1. The van der Waals surface area contributed by atoms with Crippen molar-refractivity contribution in [2.45, 2.75) is 33.9 Å². The smallest absolute Gasteiger partial charge is 0.287 e. The lowest BCUT2D eigenvalue weighted by atomic mass is 10.1. The molecule has 2 aromatic carbocycles. The second kappa shape index (κ2) is 8.19. The first-order valence-corrected chi connectivity index (χ1v) is 9.19. The molecule has 0 atom stereocenters. The van der Waals surface area contributed by atoms with Gasteiger partial charge in [-0.2, -0.15) is 0 Å². The van der Waals surface area contributed by atoms with E-state index < -0.39 is 0 Å². The van der Waals surface area contributed by atoms with Gasteiger partial charge in [0.05, 0.1) is 0 Å². The van der Waals surface area contributed by atoms with Crippen molar-refractivity contribution in [2.24, 2.45) is 0 Å². The molecule has 136 valence electrons. The van der Waals surface area contributed by atoms with Gasteiger partial charge in [-0.3, -0.25) is 9.69 Å². The Morgan fingerprint density at radius 3 is 2.35 bits per heavy atom. The van der Waals surface area contributed by atoms with E-state index in [1.54, 1.807) is 0 Å². The molecule has 0 bridgehead atoms. The zero-order valence-electron chi connectivity index (χ0n) is 15.7. The van der Waals surface area contributed by atoms with E-state index in [1.165, 1.54) is 5.56 Å². The van der Waals surface area contributed by atoms with Crippen LogP contribution < -0.4 is 5.32 Å². The van der Waals surface area contributed by atoms with Gasteiger partial charge < -0.3 is 9.73 Å². The van der Waals surface area contributed by atoms with Gasteiger partial charge in [0, 0.05) is 24.0 Å². The van der Waals surface area contributed by atoms with Crippen LogP contribution in [-0.4, -0.2) is 23.9 Å². The summed E-state index contributed by atoms with van der Waals surface area (Å²) in [6.45, 7) is 9.66. The molecular formula is C22H26N2O2. The number of hydrogen-bond acceptors (Lipinski definition) is 3. The fourth-order valence-electron chi connectivity index (χ4n) is 3.22.